The largest absolute Gasteiger partial charge is 0.369 e. The number of barbiturate groups is 2. The lowest BCUT2D eigenvalue weighted by molar-refractivity contribution is -0.203. The molecule has 2 atom stereocenters. The summed E-state index contributed by atoms with van der Waals surface area (Å²) in [7, 11) is 1.69. The summed E-state index contributed by atoms with van der Waals surface area (Å²) >= 11 is 0. The molecule has 2 fully saturated rings. The van der Waals surface area contributed by atoms with Gasteiger partial charge in [0.1, 0.15) is 0 Å². The third-order valence-corrected chi connectivity index (χ3v) is 3.46. The molecule has 2 heterocycles. The third-order valence-electron chi connectivity index (χ3n) is 3.46. The zero-order valence-electron chi connectivity index (χ0n) is 11.2. The number of hydrogen-bond donors (Lipinski definition) is 4. The fourth-order valence-electron chi connectivity index (χ4n) is 2.05. The number of carbonyl (C=O) groups excluding carboxylic acids is 6. The van der Waals surface area contributed by atoms with Crippen LogP contribution in [0.3, 0.4) is 0 Å². The van der Waals surface area contributed by atoms with Gasteiger partial charge in [0, 0.05) is 14.1 Å². The number of aliphatic hydroxyl groups is 2. The van der Waals surface area contributed by atoms with E-state index in [0.29, 0.717) is 0 Å². The van der Waals surface area contributed by atoms with Gasteiger partial charge in [-0.15, -0.1) is 0 Å². The average molecular weight is 314 g/mol. The molecule has 0 spiro atoms. The third kappa shape index (κ3) is 1.52. The Kier molecular flexibility index (Phi) is 3.05. The molecule has 12 heteroatoms. The predicted molar refractivity (Wildman–Crippen MR) is 62.5 cm³/mol. The lowest BCUT2D eigenvalue weighted by Gasteiger charge is -2.44. The molecule has 0 aromatic carbocycles. The number of nitrogens with one attached hydrogen (secondary N) is 2. The highest BCUT2D eigenvalue weighted by atomic mass is 16.4. The van der Waals surface area contributed by atoms with Crippen molar-refractivity contribution < 1.29 is 39.0 Å². The summed E-state index contributed by atoms with van der Waals surface area (Å²) in [6, 6.07) is -2.45. The van der Waals surface area contributed by atoms with Crippen molar-refractivity contribution in [2.75, 3.05) is 14.1 Å². The maximum atomic E-state index is 12.1. The van der Waals surface area contributed by atoms with Crippen LogP contribution in [0.25, 0.3) is 0 Å². The highest BCUT2D eigenvalue weighted by molar-refractivity contribution is 6.32. The van der Waals surface area contributed by atoms with E-state index < -0.39 is 46.9 Å². The van der Waals surface area contributed by atoms with Crippen LogP contribution in [0.1, 0.15) is 0 Å². The molecule has 0 aromatic heterocycles. The number of amides is 8. The molecule has 0 saturated carbocycles. The number of nitrogens with zero attached hydrogens (tertiary/aromatic N) is 2. The molecule has 2 rings (SSSR count). The summed E-state index contributed by atoms with van der Waals surface area (Å²) in [5, 5.41) is 23.6. The van der Waals surface area contributed by atoms with E-state index >= 15 is 0 Å². The van der Waals surface area contributed by atoms with Gasteiger partial charge in [-0.25, -0.2) is 9.59 Å². The van der Waals surface area contributed by atoms with Crippen LogP contribution in [0.4, 0.5) is 9.59 Å². The molecule has 2 aliphatic heterocycles. The second-order valence-corrected chi connectivity index (χ2v) is 4.67. The number of carbonyl (C=O) groups is 6. The zero-order chi connectivity index (χ0) is 17.0. The maximum Gasteiger partial charge on any atom is 0.330 e. The van der Waals surface area contributed by atoms with Gasteiger partial charge in [0.2, 0.25) is 0 Å². The lowest BCUT2D eigenvalue weighted by atomic mass is 9.77. The van der Waals surface area contributed by atoms with Gasteiger partial charge in [-0.05, 0) is 0 Å². The van der Waals surface area contributed by atoms with Crippen molar-refractivity contribution in [1.29, 1.82) is 0 Å². The molecule has 8 amide bonds. The first-order valence-corrected chi connectivity index (χ1v) is 5.71. The van der Waals surface area contributed by atoms with Crippen LogP contribution in [0.15, 0.2) is 0 Å². The van der Waals surface area contributed by atoms with Gasteiger partial charge in [-0.3, -0.25) is 39.6 Å². The van der Waals surface area contributed by atoms with E-state index in [2.05, 4.69) is 0 Å². The topological polar surface area (TPSA) is 173 Å². The molecule has 12 nitrogen and oxygen atoms in total. The van der Waals surface area contributed by atoms with Gasteiger partial charge >= 0.3 is 12.1 Å². The van der Waals surface area contributed by atoms with Gasteiger partial charge in [0.05, 0.1) is 0 Å². The first-order chi connectivity index (χ1) is 9.99. The summed E-state index contributed by atoms with van der Waals surface area (Å²) in [5.74, 6) is -6.94. The molecule has 4 N–H and O–H groups in total. The van der Waals surface area contributed by atoms with Crippen molar-refractivity contribution in [2.45, 2.75) is 11.2 Å². The Balaban J connectivity index is 2.65. The lowest BCUT2D eigenvalue weighted by Crippen LogP contribution is -2.84. The fourth-order valence-corrected chi connectivity index (χ4v) is 2.05. The second kappa shape index (κ2) is 4.32. The van der Waals surface area contributed by atoms with Crippen molar-refractivity contribution in [3.63, 3.8) is 0 Å². The SMILES string of the molecule is CN1C(=O)NC(=O)[C@](O)([C@@]2(O)C(=O)NC(=O)N(C)C2=O)C1=O. The van der Waals surface area contributed by atoms with Gasteiger partial charge in [0.15, 0.2) is 0 Å². The number of urea groups is 2. The van der Waals surface area contributed by atoms with E-state index in [1.807, 2.05) is 0 Å². The molecule has 2 saturated heterocycles. The number of imide groups is 4. The molecular formula is C10H10N4O8. The van der Waals surface area contributed by atoms with Crippen LogP contribution in [0.2, 0.25) is 0 Å². The fraction of sp³-hybridized carbons (Fsp3) is 0.400. The summed E-state index contributed by atoms with van der Waals surface area (Å²) in [6.07, 6.45) is 0. The van der Waals surface area contributed by atoms with E-state index in [9.17, 15) is 39.0 Å². The summed E-state index contributed by atoms with van der Waals surface area (Å²) in [5.41, 5.74) is -7.24. The molecule has 0 bridgehead atoms. The highest BCUT2D eigenvalue weighted by Crippen LogP contribution is 2.31. The van der Waals surface area contributed by atoms with Crippen molar-refractivity contribution >= 4 is 35.7 Å². The maximum absolute atomic E-state index is 12.1. The number of likely N-dealkylation sites (N-methyl/N-ethyl adjacent to an activating group) is 2. The molecular weight excluding hydrogens is 304 g/mol. The Hall–Kier alpha value is -2.86. The molecule has 0 aromatic rings. The van der Waals surface area contributed by atoms with Crippen molar-refractivity contribution in [1.82, 2.24) is 20.4 Å². The molecule has 0 unspecified atom stereocenters. The van der Waals surface area contributed by atoms with Crippen LogP contribution in [0.5, 0.6) is 0 Å². The van der Waals surface area contributed by atoms with E-state index in [4.69, 9.17) is 0 Å². The molecule has 22 heavy (non-hydrogen) atoms. The smallest absolute Gasteiger partial charge is 0.330 e. The van der Waals surface area contributed by atoms with Crippen LogP contribution in [0, 0.1) is 0 Å². The van der Waals surface area contributed by atoms with Crippen LogP contribution in [-0.2, 0) is 19.2 Å². The minimum atomic E-state index is -3.62. The normalized spacial score (nSPS) is 33.1. The number of rotatable bonds is 1. The van der Waals surface area contributed by atoms with Gasteiger partial charge in [0.25, 0.3) is 34.8 Å². The minimum Gasteiger partial charge on any atom is -0.369 e. The Labute approximate surface area is 121 Å². The quantitative estimate of drug-likeness (QED) is 0.353. The predicted octanol–water partition coefficient (Wildman–Crippen LogP) is -4.13. The number of hydrogen-bond acceptors (Lipinski definition) is 8. The standard InChI is InChI=1S/C10H10N4O8/c1-13-5(17)9(21,3(15)11-7(13)19)10(22)4(16)12-8(20)14(2)6(10)18/h21-22H,1-2H3,(H,11,15,19)(H,12,16,20)/t9-,10-/m1/s1. The first-order valence-electron chi connectivity index (χ1n) is 5.71. The molecule has 0 aliphatic carbocycles. The van der Waals surface area contributed by atoms with E-state index in [-0.39, 0.29) is 9.80 Å². The summed E-state index contributed by atoms with van der Waals surface area (Å²) in [6.45, 7) is 0. The van der Waals surface area contributed by atoms with E-state index in [1.54, 1.807) is 0 Å². The van der Waals surface area contributed by atoms with E-state index in [0.717, 1.165) is 14.1 Å². The van der Waals surface area contributed by atoms with Crippen LogP contribution >= 0.6 is 0 Å². The summed E-state index contributed by atoms with van der Waals surface area (Å²) < 4.78 is 0. The molecule has 118 valence electrons. The Morgan fingerprint density at radius 2 is 1.00 bits per heavy atom. The summed E-state index contributed by atoms with van der Waals surface area (Å²) in [4.78, 5) is 70.8. The molecule has 2 aliphatic rings. The van der Waals surface area contributed by atoms with Gasteiger partial charge in [-0.2, -0.15) is 0 Å². The van der Waals surface area contributed by atoms with Crippen LogP contribution in [-0.4, -0.2) is 81.0 Å². The second-order valence-electron chi connectivity index (χ2n) is 4.67. The van der Waals surface area contributed by atoms with Crippen molar-refractivity contribution in [3.8, 4) is 0 Å². The van der Waals surface area contributed by atoms with Crippen LogP contribution < -0.4 is 10.6 Å². The Bertz CT molecular complexity index is 603. The van der Waals surface area contributed by atoms with Crippen molar-refractivity contribution in [2.24, 2.45) is 0 Å². The molecule has 0 radical (unpaired) electrons. The Morgan fingerprint density at radius 1 is 0.727 bits per heavy atom. The monoisotopic (exact) mass is 314 g/mol. The van der Waals surface area contributed by atoms with Gasteiger partial charge in [-0.1, -0.05) is 0 Å². The first kappa shape index (κ1) is 15.5. The highest BCUT2D eigenvalue weighted by Gasteiger charge is 2.74. The van der Waals surface area contributed by atoms with Gasteiger partial charge < -0.3 is 10.2 Å². The Morgan fingerprint density at radius 3 is 1.27 bits per heavy atom. The minimum absolute atomic E-state index is 0.205. The average Bonchev–Trinajstić information content (AvgIpc) is 2.46. The van der Waals surface area contributed by atoms with E-state index in [1.165, 1.54) is 10.6 Å². The van der Waals surface area contributed by atoms with Crippen molar-refractivity contribution in [3.05, 3.63) is 0 Å². The zero-order valence-corrected chi connectivity index (χ0v) is 11.2.